The Morgan fingerprint density at radius 3 is 2.73 bits per heavy atom. The lowest BCUT2D eigenvalue weighted by Gasteiger charge is -2.10. The van der Waals surface area contributed by atoms with E-state index in [0.717, 1.165) is 11.6 Å². The summed E-state index contributed by atoms with van der Waals surface area (Å²) in [7, 11) is 1.59. The number of amides is 1. The SMILES string of the molecule is COc1ccc2oc(-c3cccc(NC(=S)NC(=O)c4cccc(F)c4)c3)nc2c1. The molecule has 0 aliphatic carbocycles. The van der Waals surface area contributed by atoms with Crippen LogP contribution in [-0.2, 0) is 0 Å². The number of nitrogens with zero attached hydrogens (tertiary/aromatic N) is 1. The van der Waals surface area contributed by atoms with Gasteiger partial charge in [-0.25, -0.2) is 9.37 Å². The number of fused-ring (bicyclic) bond motifs is 1. The van der Waals surface area contributed by atoms with Crippen LogP contribution in [0.1, 0.15) is 10.4 Å². The third-order valence-electron chi connectivity index (χ3n) is 4.28. The van der Waals surface area contributed by atoms with Crippen LogP contribution in [0, 0.1) is 5.82 Å². The molecule has 150 valence electrons. The van der Waals surface area contributed by atoms with Gasteiger partial charge in [0, 0.05) is 22.9 Å². The van der Waals surface area contributed by atoms with E-state index in [1.54, 1.807) is 37.4 Å². The summed E-state index contributed by atoms with van der Waals surface area (Å²) in [6, 6.07) is 18.0. The Morgan fingerprint density at radius 2 is 1.93 bits per heavy atom. The second kappa shape index (κ2) is 8.30. The van der Waals surface area contributed by atoms with Crippen molar-refractivity contribution in [1.29, 1.82) is 0 Å². The molecule has 30 heavy (non-hydrogen) atoms. The average molecular weight is 421 g/mol. The second-order valence-corrected chi connectivity index (χ2v) is 6.76. The molecule has 1 amide bonds. The van der Waals surface area contributed by atoms with Crippen molar-refractivity contribution in [2.45, 2.75) is 0 Å². The summed E-state index contributed by atoms with van der Waals surface area (Å²) in [6.45, 7) is 0. The van der Waals surface area contributed by atoms with E-state index < -0.39 is 11.7 Å². The number of halogens is 1. The molecule has 3 aromatic carbocycles. The fraction of sp³-hybridized carbons (Fsp3) is 0.0455. The molecule has 2 N–H and O–H groups in total. The lowest BCUT2D eigenvalue weighted by atomic mass is 10.2. The van der Waals surface area contributed by atoms with Gasteiger partial charge in [-0.2, -0.15) is 0 Å². The Hall–Kier alpha value is -3.78. The van der Waals surface area contributed by atoms with Crippen LogP contribution < -0.4 is 15.4 Å². The summed E-state index contributed by atoms with van der Waals surface area (Å²) in [4.78, 5) is 16.7. The largest absolute Gasteiger partial charge is 0.497 e. The van der Waals surface area contributed by atoms with Gasteiger partial charge >= 0.3 is 0 Å². The molecular weight excluding hydrogens is 405 g/mol. The first-order chi connectivity index (χ1) is 14.5. The molecule has 0 fully saturated rings. The van der Waals surface area contributed by atoms with E-state index in [1.165, 1.54) is 18.2 Å². The van der Waals surface area contributed by atoms with Crippen molar-refractivity contribution in [2.75, 3.05) is 12.4 Å². The van der Waals surface area contributed by atoms with Gasteiger partial charge in [0.05, 0.1) is 7.11 Å². The van der Waals surface area contributed by atoms with Crippen LogP contribution in [-0.4, -0.2) is 23.1 Å². The van der Waals surface area contributed by atoms with Gasteiger partial charge in [-0.05, 0) is 60.7 Å². The molecule has 0 atom stereocenters. The Bertz CT molecular complexity index is 1260. The molecule has 8 heteroatoms. The number of thiocarbonyl (C=S) groups is 1. The summed E-state index contributed by atoms with van der Waals surface area (Å²) in [5.74, 6) is 0.134. The highest BCUT2D eigenvalue weighted by atomic mass is 32.1. The number of methoxy groups -OCH3 is 1. The maximum Gasteiger partial charge on any atom is 0.257 e. The molecule has 0 radical (unpaired) electrons. The van der Waals surface area contributed by atoms with Gasteiger partial charge in [-0.3, -0.25) is 10.1 Å². The van der Waals surface area contributed by atoms with Crippen molar-refractivity contribution in [3.8, 4) is 17.2 Å². The van der Waals surface area contributed by atoms with Crippen molar-refractivity contribution in [3.63, 3.8) is 0 Å². The Kier molecular flexibility index (Phi) is 5.40. The fourth-order valence-corrected chi connectivity index (χ4v) is 3.07. The molecule has 6 nitrogen and oxygen atoms in total. The smallest absolute Gasteiger partial charge is 0.257 e. The van der Waals surface area contributed by atoms with Gasteiger partial charge in [-0.1, -0.05) is 12.1 Å². The molecule has 4 rings (SSSR count). The van der Waals surface area contributed by atoms with Crippen LogP contribution in [0.25, 0.3) is 22.6 Å². The van der Waals surface area contributed by atoms with Gasteiger partial charge < -0.3 is 14.5 Å². The number of anilines is 1. The van der Waals surface area contributed by atoms with Crippen LogP contribution >= 0.6 is 12.2 Å². The number of ether oxygens (including phenoxy) is 1. The van der Waals surface area contributed by atoms with E-state index in [-0.39, 0.29) is 10.7 Å². The molecule has 0 saturated heterocycles. The van der Waals surface area contributed by atoms with E-state index in [1.807, 2.05) is 12.1 Å². The zero-order valence-corrected chi connectivity index (χ0v) is 16.6. The van der Waals surface area contributed by atoms with Crippen LogP contribution in [0.3, 0.4) is 0 Å². The zero-order valence-electron chi connectivity index (χ0n) is 15.8. The van der Waals surface area contributed by atoms with E-state index in [2.05, 4.69) is 15.6 Å². The first-order valence-corrected chi connectivity index (χ1v) is 9.35. The number of oxazole rings is 1. The van der Waals surface area contributed by atoms with Crippen molar-refractivity contribution in [1.82, 2.24) is 10.3 Å². The third kappa shape index (κ3) is 4.28. The number of rotatable bonds is 4. The van der Waals surface area contributed by atoms with E-state index in [0.29, 0.717) is 28.4 Å². The molecule has 0 unspecified atom stereocenters. The minimum atomic E-state index is -0.504. The molecule has 0 spiro atoms. The molecule has 0 bridgehead atoms. The molecule has 1 heterocycles. The lowest BCUT2D eigenvalue weighted by Crippen LogP contribution is -2.34. The number of hydrogen-bond acceptors (Lipinski definition) is 5. The summed E-state index contributed by atoms with van der Waals surface area (Å²) in [6.07, 6.45) is 0. The molecule has 1 aromatic heterocycles. The fourth-order valence-electron chi connectivity index (χ4n) is 2.86. The quantitative estimate of drug-likeness (QED) is 0.463. The first-order valence-electron chi connectivity index (χ1n) is 8.95. The van der Waals surface area contributed by atoms with Crippen molar-refractivity contribution >= 4 is 40.0 Å². The maximum absolute atomic E-state index is 13.3. The number of carbonyl (C=O) groups is 1. The van der Waals surface area contributed by atoms with Crippen molar-refractivity contribution < 1.29 is 18.3 Å². The highest BCUT2D eigenvalue weighted by Gasteiger charge is 2.12. The monoisotopic (exact) mass is 421 g/mol. The Morgan fingerprint density at radius 1 is 1.10 bits per heavy atom. The molecule has 0 aliphatic heterocycles. The standard InChI is InChI=1S/C22H16FN3O3S/c1-28-17-8-9-19-18(12-17)25-21(29-19)14-5-3-7-16(11-14)24-22(30)26-20(27)13-4-2-6-15(23)10-13/h2-12H,1H3,(H2,24,26,27,30). The van der Waals surface area contributed by atoms with Crippen molar-refractivity contribution in [3.05, 3.63) is 78.1 Å². The minimum Gasteiger partial charge on any atom is -0.497 e. The van der Waals surface area contributed by atoms with Gasteiger partial charge in [0.25, 0.3) is 5.91 Å². The average Bonchev–Trinajstić information content (AvgIpc) is 3.17. The van der Waals surface area contributed by atoms with Crippen LogP contribution in [0.5, 0.6) is 5.75 Å². The highest BCUT2D eigenvalue weighted by Crippen LogP contribution is 2.28. The number of aromatic nitrogens is 1. The molecule has 0 saturated carbocycles. The number of nitrogens with one attached hydrogen (secondary N) is 2. The predicted molar refractivity (Wildman–Crippen MR) is 116 cm³/mol. The highest BCUT2D eigenvalue weighted by molar-refractivity contribution is 7.80. The summed E-state index contributed by atoms with van der Waals surface area (Å²) >= 11 is 5.20. The second-order valence-electron chi connectivity index (χ2n) is 6.35. The molecule has 4 aromatic rings. The number of benzene rings is 3. The normalized spacial score (nSPS) is 10.6. The van der Waals surface area contributed by atoms with Crippen LogP contribution in [0.4, 0.5) is 10.1 Å². The van der Waals surface area contributed by atoms with Gasteiger partial charge in [-0.15, -0.1) is 0 Å². The minimum absolute atomic E-state index is 0.0868. The Labute approximate surface area is 176 Å². The topological polar surface area (TPSA) is 76.4 Å². The predicted octanol–water partition coefficient (Wildman–Crippen LogP) is 4.77. The van der Waals surface area contributed by atoms with Crippen LogP contribution in [0.15, 0.2) is 71.1 Å². The van der Waals surface area contributed by atoms with E-state index in [4.69, 9.17) is 21.4 Å². The molecular formula is C22H16FN3O3S. The summed E-state index contributed by atoms with van der Waals surface area (Å²) < 4.78 is 24.3. The third-order valence-corrected chi connectivity index (χ3v) is 4.48. The van der Waals surface area contributed by atoms with Gasteiger partial charge in [0.1, 0.15) is 17.1 Å². The number of carbonyl (C=O) groups excluding carboxylic acids is 1. The summed E-state index contributed by atoms with van der Waals surface area (Å²) in [5.41, 5.74) is 2.86. The first kappa shape index (κ1) is 19.5. The number of hydrogen-bond donors (Lipinski definition) is 2. The summed E-state index contributed by atoms with van der Waals surface area (Å²) in [5, 5.41) is 5.55. The molecule has 0 aliphatic rings. The van der Waals surface area contributed by atoms with Crippen LogP contribution in [0.2, 0.25) is 0 Å². The van der Waals surface area contributed by atoms with E-state index in [9.17, 15) is 9.18 Å². The van der Waals surface area contributed by atoms with Gasteiger partial charge in [0.2, 0.25) is 5.89 Å². The maximum atomic E-state index is 13.3. The van der Waals surface area contributed by atoms with E-state index >= 15 is 0 Å². The Balaban J connectivity index is 1.49. The van der Waals surface area contributed by atoms with Crippen molar-refractivity contribution in [2.24, 2.45) is 0 Å². The zero-order chi connectivity index (χ0) is 21.1. The lowest BCUT2D eigenvalue weighted by molar-refractivity contribution is 0.0977. The van der Waals surface area contributed by atoms with Gasteiger partial charge in [0.15, 0.2) is 10.7 Å².